The molecule has 1 aromatic heterocycles. The Hall–Kier alpha value is -3.14. The summed E-state index contributed by atoms with van der Waals surface area (Å²) in [4.78, 5) is 19.7. The molecule has 1 unspecified atom stereocenters. The number of anilines is 1. The maximum absolute atomic E-state index is 13.0. The van der Waals surface area contributed by atoms with Crippen molar-refractivity contribution in [1.29, 1.82) is 0 Å². The minimum atomic E-state index is -0.0895. The second-order valence-corrected chi connectivity index (χ2v) is 6.92. The van der Waals surface area contributed by atoms with E-state index in [0.717, 1.165) is 30.9 Å². The molecule has 0 bridgehead atoms. The van der Waals surface area contributed by atoms with E-state index in [4.69, 9.17) is 0 Å². The van der Waals surface area contributed by atoms with E-state index < -0.39 is 0 Å². The third-order valence-corrected chi connectivity index (χ3v) is 5.11. The van der Waals surface area contributed by atoms with Crippen molar-refractivity contribution in [3.63, 3.8) is 0 Å². The highest BCUT2D eigenvalue weighted by Gasteiger charge is 2.22. The van der Waals surface area contributed by atoms with E-state index in [1.807, 2.05) is 49.4 Å². The zero-order valence-corrected chi connectivity index (χ0v) is 15.4. The van der Waals surface area contributed by atoms with Crippen LogP contribution in [-0.4, -0.2) is 17.4 Å². The summed E-state index contributed by atoms with van der Waals surface area (Å²) in [5.41, 5.74) is 4.40. The summed E-state index contributed by atoms with van der Waals surface area (Å²) in [5, 5.41) is 3.11. The molecular weight excluding hydrogens is 334 g/mol. The van der Waals surface area contributed by atoms with E-state index in [-0.39, 0.29) is 11.9 Å². The van der Waals surface area contributed by atoms with E-state index in [9.17, 15) is 4.79 Å². The first kappa shape index (κ1) is 17.3. The number of amides is 1. The van der Waals surface area contributed by atoms with Crippen LogP contribution in [0.4, 0.5) is 5.82 Å². The Bertz CT molecular complexity index is 939. The van der Waals surface area contributed by atoms with Gasteiger partial charge in [0.15, 0.2) is 0 Å². The molecular formula is C23H23N3O. The minimum absolute atomic E-state index is 0.0613. The molecule has 27 heavy (non-hydrogen) atoms. The highest BCUT2D eigenvalue weighted by Crippen LogP contribution is 2.26. The first-order valence-corrected chi connectivity index (χ1v) is 9.35. The Morgan fingerprint density at radius 2 is 1.74 bits per heavy atom. The lowest BCUT2D eigenvalue weighted by atomic mass is 9.99. The highest BCUT2D eigenvalue weighted by atomic mass is 16.1. The largest absolute Gasteiger partial charge is 0.351 e. The quantitative estimate of drug-likeness (QED) is 0.763. The van der Waals surface area contributed by atoms with Gasteiger partial charge < -0.3 is 10.2 Å². The summed E-state index contributed by atoms with van der Waals surface area (Å²) in [6.07, 6.45) is 2.72. The number of hydrogen-bond donors (Lipinski definition) is 1. The van der Waals surface area contributed by atoms with Crippen LogP contribution < -0.4 is 10.2 Å². The zero-order valence-electron chi connectivity index (χ0n) is 15.4. The van der Waals surface area contributed by atoms with Crippen LogP contribution in [0.5, 0.6) is 0 Å². The van der Waals surface area contributed by atoms with Crippen molar-refractivity contribution in [2.75, 3.05) is 11.4 Å². The number of hydrogen-bond acceptors (Lipinski definition) is 3. The van der Waals surface area contributed by atoms with Crippen LogP contribution in [-0.2, 0) is 13.0 Å². The van der Waals surface area contributed by atoms with Crippen molar-refractivity contribution in [2.24, 2.45) is 0 Å². The van der Waals surface area contributed by atoms with Crippen molar-refractivity contribution in [1.82, 2.24) is 10.3 Å². The molecule has 4 heteroatoms. The Kier molecular flexibility index (Phi) is 4.88. The number of carbonyl (C=O) groups is 1. The molecule has 136 valence electrons. The number of carbonyl (C=O) groups excluding carboxylic acids is 1. The minimum Gasteiger partial charge on any atom is -0.351 e. The van der Waals surface area contributed by atoms with Gasteiger partial charge in [0, 0.05) is 19.3 Å². The van der Waals surface area contributed by atoms with Gasteiger partial charge in [-0.2, -0.15) is 0 Å². The first-order chi connectivity index (χ1) is 13.2. The van der Waals surface area contributed by atoms with Gasteiger partial charge in [0.25, 0.3) is 5.91 Å². The second kappa shape index (κ2) is 7.62. The van der Waals surface area contributed by atoms with E-state index in [1.54, 1.807) is 6.20 Å². The summed E-state index contributed by atoms with van der Waals surface area (Å²) < 4.78 is 0. The smallest absolute Gasteiger partial charge is 0.255 e. The predicted molar refractivity (Wildman–Crippen MR) is 108 cm³/mol. The Morgan fingerprint density at radius 1 is 1.00 bits per heavy atom. The molecule has 2 aromatic carbocycles. The average Bonchev–Trinajstić information content (AvgIpc) is 2.74. The number of rotatable bonds is 4. The Morgan fingerprint density at radius 3 is 2.56 bits per heavy atom. The Labute approximate surface area is 159 Å². The third-order valence-electron chi connectivity index (χ3n) is 5.11. The average molecular weight is 357 g/mol. The van der Waals surface area contributed by atoms with Gasteiger partial charge in [-0.1, -0.05) is 54.6 Å². The molecule has 1 atom stereocenters. The lowest BCUT2D eigenvalue weighted by Crippen LogP contribution is -2.34. The fraction of sp³-hybridized carbons (Fsp3) is 0.217. The van der Waals surface area contributed by atoms with Crippen molar-refractivity contribution in [3.8, 4) is 0 Å². The molecule has 2 heterocycles. The highest BCUT2D eigenvalue weighted by molar-refractivity contribution is 5.99. The molecule has 0 aliphatic carbocycles. The molecule has 0 spiro atoms. The summed E-state index contributed by atoms with van der Waals surface area (Å²) in [6, 6.07) is 22.1. The number of benzene rings is 2. The van der Waals surface area contributed by atoms with Gasteiger partial charge in [-0.05, 0) is 42.2 Å². The van der Waals surface area contributed by atoms with Crippen molar-refractivity contribution < 1.29 is 4.79 Å². The lowest BCUT2D eigenvalue weighted by Gasteiger charge is -2.31. The molecule has 1 amide bonds. The maximum atomic E-state index is 13.0. The fourth-order valence-electron chi connectivity index (χ4n) is 3.60. The van der Waals surface area contributed by atoms with E-state index in [2.05, 4.69) is 39.5 Å². The van der Waals surface area contributed by atoms with Gasteiger partial charge in [-0.3, -0.25) is 4.79 Å². The van der Waals surface area contributed by atoms with E-state index >= 15 is 0 Å². The normalized spacial score (nSPS) is 14.3. The van der Waals surface area contributed by atoms with Crippen LogP contribution in [0.15, 0.2) is 72.9 Å². The summed E-state index contributed by atoms with van der Waals surface area (Å²) in [6.45, 7) is 3.64. The molecule has 1 N–H and O–H groups in total. The first-order valence-electron chi connectivity index (χ1n) is 9.35. The van der Waals surface area contributed by atoms with Crippen LogP contribution in [0.25, 0.3) is 0 Å². The molecule has 0 fully saturated rings. The van der Waals surface area contributed by atoms with E-state index in [0.29, 0.717) is 5.56 Å². The molecule has 3 aromatic rings. The van der Waals surface area contributed by atoms with Crippen molar-refractivity contribution in [3.05, 3.63) is 95.2 Å². The van der Waals surface area contributed by atoms with Gasteiger partial charge in [0.1, 0.15) is 5.82 Å². The van der Waals surface area contributed by atoms with Crippen LogP contribution in [0.1, 0.15) is 40.0 Å². The topological polar surface area (TPSA) is 45.2 Å². The van der Waals surface area contributed by atoms with E-state index in [1.165, 1.54) is 11.1 Å². The second-order valence-electron chi connectivity index (χ2n) is 6.92. The van der Waals surface area contributed by atoms with Crippen LogP contribution in [0.3, 0.4) is 0 Å². The molecule has 4 rings (SSSR count). The van der Waals surface area contributed by atoms with Gasteiger partial charge in [-0.25, -0.2) is 4.98 Å². The van der Waals surface area contributed by atoms with Crippen LogP contribution in [0, 0.1) is 0 Å². The Balaban J connectivity index is 1.56. The van der Waals surface area contributed by atoms with Gasteiger partial charge >= 0.3 is 0 Å². The van der Waals surface area contributed by atoms with Gasteiger partial charge in [0.05, 0.1) is 11.6 Å². The molecule has 1 aliphatic heterocycles. The zero-order chi connectivity index (χ0) is 18.6. The fourth-order valence-corrected chi connectivity index (χ4v) is 3.60. The molecule has 0 radical (unpaired) electrons. The number of nitrogens with one attached hydrogen (secondary N) is 1. The maximum Gasteiger partial charge on any atom is 0.255 e. The van der Waals surface area contributed by atoms with Gasteiger partial charge in [-0.15, -0.1) is 0 Å². The monoisotopic (exact) mass is 357 g/mol. The molecule has 0 saturated heterocycles. The summed E-state index contributed by atoms with van der Waals surface area (Å²) >= 11 is 0. The third kappa shape index (κ3) is 3.70. The van der Waals surface area contributed by atoms with Crippen LogP contribution >= 0.6 is 0 Å². The van der Waals surface area contributed by atoms with Crippen molar-refractivity contribution >= 4 is 11.7 Å². The molecule has 4 nitrogen and oxygen atoms in total. The predicted octanol–water partition coefficient (Wildman–Crippen LogP) is 4.14. The lowest BCUT2D eigenvalue weighted by molar-refractivity contribution is 0.0940. The number of nitrogens with zero attached hydrogens (tertiary/aromatic N) is 2. The van der Waals surface area contributed by atoms with Crippen LogP contribution in [0.2, 0.25) is 0 Å². The number of aromatic nitrogens is 1. The molecule has 0 saturated carbocycles. The standard InChI is InChI=1S/C23H23N3O/c1-17(18-8-3-2-4-9-18)25-23(27)21-12-7-14-24-22(21)26-15-13-19-10-5-6-11-20(19)16-26/h2-12,14,17H,13,15-16H2,1H3,(H,25,27). The summed E-state index contributed by atoms with van der Waals surface area (Å²) in [7, 11) is 0. The van der Waals surface area contributed by atoms with Crippen molar-refractivity contribution in [2.45, 2.75) is 25.9 Å². The SMILES string of the molecule is CC(NC(=O)c1cccnc1N1CCc2ccccc2C1)c1ccccc1. The van der Waals surface area contributed by atoms with Gasteiger partial charge in [0.2, 0.25) is 0 Å². The number of fused-ring (bicyclic) bond motifs is 1. The summed E-state index contributed by atoms with van der Waals surface area (Å²) in [5.74, 6) is 0.665. The molecule has 1 aliphatic rings. The number of pyridine rings is 1.